The van der Waals surface area contributed by atoms with Gasteiger partial charge in [0.2, 0.25) is 0 Å². The number of benzene rings is 1. The summed E-state index contributed by atoms with van der Waals surface area (Å²) in [5.74, 6) is 1.58. The second-order valence-corrected chi connectivity index (χ2v) is 6.44. The van der Waals surface area contributed by atoms with Gasteiger partial charge in [-0.1, -0.05) is 22.9 Å². The fraction of sp³-hybridized carbons (Fsp3) is 0.647. The summed E-state index contributed by atoms with van der Waals surface area (Å²) in [4.78, 5) is 2.56. The standard InChI is InChI=1S/C17H27BrN2O2/c1-4-20-8-6-7-14(20)12-19-11-13-9-16(21-3)17(22-5-2)10-15(13)18/h9-10,14,19H,4-8,11-12H2,1-3H3. The number of halogens is 1. The second kappa shape index (κ2) is 8.75. The number of hydrogen-bond acceptors (Lipinski definition) is 4. The van der Waals surface area contributed by atoms with E-state index in [1.807, 2.05) is 19.1 Å². The molecular formula is C17H27BrN2O2. The van der Waals surface area contributed by atoms with Crippen LogP contribution >= 0.6 is 15.9 Å². The van der Waals surface area contributed by atoms with Crippen molar-refractivity contribution in [1.29, 1.82) is 0 Å². The van der Waals surface area contributed by atoms with E-state index in [-0.39, 0.29) is 0 Å². The largest absolute Gasteiger partial charge is 0.493 e. The molecule has 1 aromatic rings. The molecule has 1 heterocycles. The zero-order valence-electron chi connectivity index (χ0n) is 13.8. The van der Waals surface area contributed by atoms with E-state index in [9.17, 15) is 0 Å². The summed E-state index contributed by atoms with van der Waals surface area (Å²) in [7, 11) is 1.68. The Morgan fingerprint density at radius 2 is 2.14 bits per heavy atom. The molecule has 0 bridgehead atoms. The molecule has 4 nitrogen and oxygen atoms in total. The van der Waals surface area contributed by atoms with Crippen molar-refractivity contribution in [1.82, 2.24) is 10.2 Å². The van der Waals surface area contributed by atoms with Gasteiger partial charge in [-0.25, -0.2) is 0 Å². The number of likely N-dealkylation sites (tertiary alicyclic amines) is 1. The summed E-state index contributed by atoms with van der Waals surface area (Å²) in [5.41, 5.74) is 1.20. The molecule has 1 aromatic carbocycles. The number of hydrogen-bond donors (Lipinski definition) is 1. The third-order valence-corrected chi connectivity index (χ3v) is 4.97. The third-order valence-electron chi connectivity index (χ3n) is 4.23. The summed E-state index contributed by atoms with van der Waals surface area (Å²) in [5, 5.41) is 3.58. The minimum atomic E-state index is 0.634. The van der Waals surface area contributed by atoms with E-state index in [1.165, 1.54) is 24.9 Å². The first-order valence-electron chi connectivity index (χ1n) is 8.13. The van der Waals surface area contributed by atoms with Crippen molar-refractivity contribution in [3.05, 3.63) is 22.2 Å². The van der Waals surface area contributed by atoms with Crippen LogP contribution < -0.4 is 14.8 Å². The first-order chi connectivity index (χ1) is 10.7. The lowest BCUT2D eigenvalue weighted by Gasteiger charge is -2.23. The number of ether oxygens (including phenoxy) is 2. The van der Waals surface area contributed by atoms with Gasteiger partial charge < -0.3 is 14.8 Å². The lowest BCUT2D eigenvalue weighted by Crippen LogP contribution is -2.37. The second-order valence-electron chi connectivity index (χ2n) is 5.58. The zero-order valence-corrected chi connectivity index (χ0v) is 15.4. The van der Waals surface area contributed by atoms with Crippen LogP contribution in [0.15, 0.2) is 16.6 Å². The molecule has 2 rings (SSSR count). The van der Waals surface area contributed by atoms with Gasteiger partial charge in [-0.2, -0.15) is 0 Å². The number of nitrogens with one attached hydrogen (secondary N) is 1. The molecule has 0 aliphatic carbocycles. The molecule has 1 unspecified atom stereocenters. The fourth-order valence-corrected chi connectivity index (χ4v) is 3.52. The van der Waals surface area contributed by atoms with Crippen LogP contribution in [0.5, 0.6) is 11.5 Å². The van der Waals surface area contributed by atoms with Gasteiger partial charge in [0.1, 0.15) is 0 Å². The predicted octanol–water partition coefficient (Wildman–Crippen LogP) is 3.43. The molecule has 1 atom stereocenters. The summed E-state index contributed by atoms with van der Waals surface area (Å²) in [6.45, 7) is 9.11. The van der Waals surface area contributed by atoms with Gasteiger partial charge in [0, 0.05) is 23.6 Å². The van der Waals surface area contributed by atoms with Crippen LogP contribution in [-0.4, -0.2) is 44.3 Å². The minimum Gasteiger partial charge on any atom is -0.493 e. The number of likely N-dealkylation sites (N-methyl/N-ethyl adjacent to an activating group) is 1. The SMILES string of the molecule is CCOc1cc(Br)c(CNCC2CCCN2CC)cc1OC. The van der Waals surface area contributed by atoms with Gasteiger partial charge in [0.05, 0.1) is 13.7 Å². The van der Waals surface area contributed by atoms with Gasteiger partial charge >= 0.3 is 0 Å². The van der Waals surface area contributed by atoms with Crippen molar-refractivity contribution >= 4 is 15.9 Å². The maximum absolute atomic E-state index is 5.60. The van der Waals surface area contributed by atoms with Gasteiger partial charge in [0.15, 0.2) is 11.5 Å². The van der Waals surface area contributed by atoms with E-state index in [2.05, 4.69) is 33.1 Å². The van der Waals surface area contributed by atoms with E-state index < -0.39 is 0 Å². The lowest BCUT2D eigenvalue weighted by molar-refractivity contribution is 0.260. The van der Waals surface area contributed by atoms with E-state index in [0.717, 1.165) is 35.6 Å². The van der Waals surface area contributed by atoms with Crippen LogP contribution in [0.25, 0.3) is 0 Å². The Kier molecular flexibility index (Phi) is 6.99. The van der Waals surface area contributed by atoms with Gasteiger partial charge in [-0.15, -0.1) is 0 Å². The minimum absolute atomic E-state index is 0.634. The number of methoxy groups -OCH3 is 1. The predicted molar refractivity (Wildman–Crippen MR) is 93.8 cm³/mol. The van der Waals surface area contributed by atoms with Gasteiger partial charge in [-0.3, -0.25) is 4.90 Å². The Bertz CT molecular complexity index is 482. The molecule has 124 valence electrons. The maximum Gasteiger partial charge on any atom is 0.162 e. The maximum atomic E-state index is 5.60. The Balaban J connectivity index is 1.94. The van der Waals surface area contributed by atoms with Gasteiger partial charge in [0.25, 0.3) is 0 Å². The summed E-state index contributed by atoms with van der Waals surface area (Å²) in [6.07, 6.45) is 2.62. The van der Waals surface area contributed by atoms with Crippen molar-refractivity contribution in [2.24, 2.45) is 0 Å². The van der Waals surface area contributed by atoms with Crippen molar-refractivity contribution < 1.29 is 9.47 Å². The smallest absolute Gasteiger partial charge is 0.162 e. The van der Waals surface area contributed by atoms with Crippen molar-refractivity contribution in [2.75, 3.05) is 33.4 Å². The molecule has 0 aromatic heterocycles. The van der Waals surface area contributed by atoms with Crippen molar-refractivity contribution in [2.45, 2.75) is 39.3 Å². The van der Waals surface area contributed by atoms with Crippen LogP contribution in [0.2, 0.25) is 0 Å². The average molecular weight is 371 g/mol. The lowest BCUT2D eigenvalue weighted by atomic mass is 10.1. The highest BCUT2D eigenvalue weighted by Gasteiger charge is 2.22. The average Bonchev–Trinajstić information content (AvgIpc) is 2.97. The molecule has 22 heavy (non-hydrogen) atoms. The van der Waals surface area contributed by atoms with Crippen LogP contribution in [0.1, 0.15) is 32.3 Å². The van der Waals surface area contributed by atoms with Crippen LogP contribution in [0.3, 0.4) is 0 Å². The first-order valence-corrected chi connectivity index (χ1v) is 8.92. The van der Waals surface area contributed by atoms with E-state index in [4.69, 9.17) is 9.47 Å². The number of rotatable bonds is 8. The van der Waals surface area contributed by atoms with E-state index in [1.54, 1.807) is 7.11 Å². The van der Waals surface area contributed by atoms with Crippen LogP contribution in [0.4, 0.5) is 0 Å². The quantitative estimate of drug-likeness (QED) is 0.759. The van der Waals surface area contributed by atoms with Crippen LogP contribution in [0, 0.1) is 0 Å². The molecule has 1 fully saturated rings. The van der Waals surface area contributed by atoms with Crippen molar-refractivity contribution in [3.8, 4) is 11.5 Å². The van der Waals surface area contributed by atoms with Crippen LogP contribution in [-0.2, 0) is 6.54 Å². The fourth-order valence-electron chi connectivity index (χ4n) is 3.06. The van der Waals surface area contributed by atoms with E-state index in [0.29, 0.717) is 12.6 Å². The molecule has 1 aliphatic heterocycles. The Morgan fingerprint density at radius 1 is 1.32 bits per heavy atom. The summed E-state index contributed by atoms with van der Waals surface area (Å²) < 4.78 is 12.1. The van der Waals surface area contributed by atoms with Crippen molar-refractivity contribution in [3.63, 3.8) is 0 Å². The monoisotopic (exact) mass is 370 g/mol. The molecule has 1 aliphatic rings. The summed E-state index contributed by atoms with van der Waals surface area (Å²) >= 11 is 3.63. The Morgan fingerprint density at radius 3 is 2.82 bits per heavy atom. The first kappa shape index (κ1) is 17.6. The highest BCUT2D eigenvalue weighted by molar-refractivity contribution is 9.10. The molecule has 5 heteroatoms. The normalized spacial score (nSPS) is 18.6. The summed E-state index contributed by atoms with van der Waals surface area (Å²) in [6, 6.07) is 4.72. The molecule has 0 amide bonds. The Labute approximate surface area is 142 Å². The van der Waals surface area contributed by atoms with Gasteiger partial charge in [-0.05, 0) is 50.6 Å². The molecule has 1 saturated heterocycles. The molecule has 0 saturated carbocycles. The Hall–Kier alpha value is -0.780. The molecule has 0 radical (unpaired) electrons. The molecule has 1 N–H and O–H groups in total. The number of nitrogens with zero attached hydrogens (tertiary/aromatic N) is 1. The topological polar surface area (TPSA) is 33.7 Å². The zero-order chi connectivity index (χ0) is 15.9. The highest BCUT2D eigenvalue weighted by Crippen LogP contribution is 2.33. The molecular weight excluding hydrogens is 344 g/mol. The highest BCUT2D eigenvalue weighted by atomic mass is 79.9. The molecule has 0 spiro atoms. The van der Waals surface area contributed by atoms with E-state index >= 15 is 0 Å². The third kappa shape index (κ3) is 4.37.